The largest absolute Gasteiger partial charge is 0.488 e. The summed E-state index contributed by atoms with van der Waals surface area (Å²) >= 11 is 5.97. The quantitative estimate of drug-likeness (QED) is 0.917. The molecule has 0 aliphatic heterocycles. The number of halogens is 2. The van der Waals surface area contributed by atoms with Gasteiger partial charge in [0.2, 0.25) is 0 Å². The Morgan fingerprint density at radius 1 is 1.15 bits per heavy atom. The van der Waals surface area contributed by atoms with Crippen LogP contribution in [0.3, 0.4) is 0 Å². The molecule has 20 heavy (non-hydrogen) atoms. The minimum Gasteiger partial charge on any atom is -0.488 e. The van der Waals surface area contributed by atoms with Gasteiger partial charge in [0.25, 0.3) is 0 Å². The molecule has 2 nitrogen and oxygen atoms in total. The van der Waals surface area contributed by atoms with Crippen molar-refractivity contribution in [2.24, 2.45) is 0 Å². The fourth-order valence-corrected chi connectivity index (χ4v) is 2.37. The zero-order valence-corrected chi connectivity index (χ0v) is 12.2. The van der Waals surface area contributed by atoms with Crippen LogP contribution >= 0.6 is 11.6 Å². The van der Waals surface area contributed by atoms with Crippen LogP contribution in [0.2, 0.25) is 5.02 Å². The van der Waals surface area contributed by atoms with Gasteiger partial charge in [0.15, 0.2) is 0 Å². The Morgan fingerprint density at radius 2 is 1.80 bits per heavy atom. The van der Waals surface area contributed by atoms with Crippen molar-refractivity contribution in [1.82, 2.24) is 0 Å². The van der Waals surface area contributed by atoms with Gasteiger partial charge < -0.3 is 9.84 Å². The Bertz CT molecular complexity index is 603. The monoisotopic (exact) mass is 294 g/mol. The molecule has 1 N–H and O–H groups in total. The molecule has 0 radical (unpaired) electrons. The summed E-state index contributed by atoms with van der Waals surface area (Å²) in [6.07, 6.45) is 0. The number of hydrogen-bond donors (Lipinski definition) is 1. The second kappa shape index (κ2) is 6.25. The first-order valence-corrected chi connectivity index (χ1v) is 6.66. The Hall–Kier alpha value is -1.58. The normalized spacial score (nSPS) is 10.7. The molecule has 0 amide bonds. The predicted molar refractivity (Wildman–Crippen MR) is 77.6 cm³/mol. The lowest BCUT2D eigenvalue weighted by Gasteiger charge is -2.14. The molecule has 0 bridgehead atoms. The molecule has 0 aliphatic rings. The van der Waals surface area contributed by atoms with Crippen molar-refractivity contribution in [3.8, 4) is 5.75 Å². The van der Waals surface area contributed by atoms with E-state index in [1.807, 2.05) is 26.0 Å². The third-order valence-electron chi connectivity index (χ3n) is 3.09. The van der Waals surface area contributed by atoms with Crippen molar-refractivity contribution >= 4 is 11.6 Å². The summed E-state index contributed by atoms with van der Waals surface area (Å²) in [5.74, 6) is 0.404. The molecule has 0 unspecified atom stereocenters. The van der Waals surface area contributed by atoms with E-state index in [0.717, 1.165) is 28.0 Å². The zero-order valence-electron chi connectivity index (χ0n) is 11.4. The van der Waals surface area contributed by atoms with Crippen molar-refractivity contribution in [1.29, 1.82) is 0 Å². The lowest BCUT2D eigenvalue weighted by Crippen LogP contribution is -2.01. The van der Waals surface area contributed by atoms with Gasteiger partial charge in [0, 0.05) is 5.56 Å². The van der Waals surface area contributed by atoms with Crippen LogP contribution in [0.4, 0.5) is 4.39 Å². The van der Waals surface area contributed by atoms with Crippen molar-refractivity contribution in [3.05, 3.63) is 63.4 Å². The highest BCUT2D eigenvalue weighted by Crippen LogP contribution is 2.27. The summed E-state index contributed by atoms with van der Waals surface area (Å²) < 4.78 is 18.8. The van der Waals surface area contributed by atoms with E-state index in [2.05, 4.69) is 0 Å². The first kappa shape index (κ1) is 14.8. The fraction of sp³-hybridized carbons (Fsp3) is 0.250. The molecule has 2 aromatic carbocycles. The Labute approximate surface area is 122 Å². The molecule has 0 atom stereocenters. The van der Waals surface area contributed by atoms with E-state index in [0.29, 0.717) is 5.02 Å². The lowest BCUT2D eigenvalue weighted by atomic mass is 10.1. The van der Waals surface area contributed by atoms with Gasteiger partial charge in [-0.3, -0.25) is 0 Å². The van der Waals surface area contributed by atoms with Crippen molar-refractivity contribution in [2.45, 2.75) is 27.1 Å². The molecule has 2 aromatic rings. The van der Waals surface area contributed by atoms with E-state index in [1.54, 1.807) is 6.07 Å². The topological polar surface area (TPSA) is 29.5 Å². The second-order valence-electron chi connectivity index (χ2n) is 4.74. The molecule has 2 rings (SSSR count). The van der Waals surface area contributed by atoms with Gasteiger partial charge in [-0.15, -0.1) is 0 Å². The zero-order chi connectivity index (χ0) is 14.7. The van der Waals surface area contributed by atoms with Gasteiger partial charge in [-0.2, -0.15) is 0 Å². The summed E-state index contributed by atoms with van der Waals surface area (Å²) in [4.78, 5) is 0. The highest BCUT2D eigenvalue weighted by molar-refractivity contribution is 6.31. The molecule has 0 saturated heterocycles. The molecule has 4 heteroatoms. The Balaban J connectivity index is 2.19. The van der Waals surface area contributed by atoms with E-state index >= 15 is 0 Å². The molecular formula is C16H16ClFO2. The Kier molecular flexibility index (Phi) is 4.63. The van der Waals surface area contributed by atoms with Gasteiger partial charge in [-0.25, -0.2) is 4.39 Å². The van der Waals surface area contributed by atoms with Crippen LogP contribution in [0, 0.1) is 19.7 Å². The van der Waals surface area contributed by atoms with E-state index in [9.17, 15) is 4.39 Å². The average Bonchev–Trinajstić information content (AvgIpc) is 2.39. The predicted octanol–water partition coefficient (Wildman–Crippen LogP) is 4.17. The first-order chi connectivity index (χ1) is 9.51. The van der Waals surface area contributed by atoms with E-state index in [-0.39, 0.29) is 19.0 Å². The third-order valence-corrected chi connectivity index (χ3v) is 3.44. The third kappa shape index (κ3) is 3.30. The molecule has 0 heterocycles. The first-order valence-electron chi connectivity index (χ1n) is 6.29. The lowest BCUT2D eigenvalue weighted by molar-refractivity contribution is 0.280. The number of hydrogen-bond acceptors (Lipinski definition) is 2. The molecule has 106 valence electrons. The van der Waals surface area contributed by atoms with Crippen LogP contribution in [0.5, 0.6) is 5.75 Å². The number of ether oxygens (including phenoxy) is 1. The van der Waals surface area contributed by atoms with Gasteiger partial charge in [-0.05, 0) is 42.7 Å². The minimum absolute atomic E-state index is 0.00570. The number of aryl methyl sites for hydroxylation is 2. The second-order valence-corrected chi connectivity index (χ2v) is 5.15. The Morgan fingerprint density at radius 3 is 2.35 bits per heavy atom. The maximum absolute atomic E-state index is 13.0. The average molecular weight is 295 g/mol. The van der Waals surface area contributed by atoms with Gasteiger partial charge >= 0.3 is 0 Å². The van der Waals surface area contributed by atoms with Crippen LogP contribution in [-0.4, -0.2) is 5.11 Å². The van der Waals surface area contributed by atoms with Crippen LogP contribution in [0.1, 0.15) is 22.3 Å². The summed E-state index contributed by atoms with van der Waals surface area (Å²) in [5, 5.41) is 9.51. The van der Waals surface area contributed by atoms with Gasteiger partial charge in [0.05, 0.1) is 11.6 Å². The number of benzene rings is 2. The van der Waals surface area contributed by atoms with Crippen molar-refractivity contribution in [2.75, 3.05) is 0 Å². The van der Waals surface area contributed by atoms with Gasteiger partial charge in [-0.1, -0.05) is 29.8 Å². The number of aliphatic hydroxyl groups is 1. The minimum atomic E-state index is -0.363. The summed E-state index contributed by atoms with van der Waals surface area (Å²) in [6, 6.07) is 8.02. The summed E-state index contributed by atoms with van der Waals surface area (Å²) in [5.41, 5.74) is 3.49. The summed E-state index contributed by atoms with van der Waals surface area (Å²) in [6.45, 7) is 4.13. The summed E-state index contributed by atoms with van der Waals surface area (Å²) in [7, 11) is 0. The standard InChI is InChI=1S/C16H16ClFO2/c1-10-5-12(8-19)6-11(2)16(10)20-9-13-3-4-14(18)7-15(13)17/h3-7,19H,8-9H2,1-2H3. The molecule has 0 saturated carbocycles. The van der Waals surface area contributed by atoms with Crippen LogP contribution in [0.15, 0.2) is 30.3 Å². The van der Waals surface area contributed by atoms with E-state index in [1.165, 1.54) is 12.1 Å². The smallest absolute Gasteiger partial charge is 0.125 e. The highest BCUT2D eigenvalue weighted by Gasteiger charge is 2.08. The van der Waals surface area contributed by atoms with Crippen LogP contribution in [0.25, 0.3) is 0 Å². The number of aliphatic hydroxyl groups excluding tert-OH is 1. The van der Waals surface area contributed by atoms with Gasteiger partial charge in [0.1, 0.15) is 18.2 Å². The highest BCUT2D eigenvalue weighted by atomic mass is 35.5. The molecule has 0 spiro atoms. The molecule has 0 aliphatic carbocycles. The molecule has 0 aromatic heterocycles. The maximum Gasteiger partial charge on any atom is 0.125 e. The fourth-order valence-electron chi connectivity index (χ4n) is 2.15. The molecular weight excluding hydrogens is 279 g/mol. The van der Waals surface area contributed by atoms with E-state index < -0.39 is 0 Å². The van der Waals surface area contributed by atoms with E-state index in [4.69, 9.17) is 21.4 Å². The van der Waals surface area contributed by atoms with Crippen molar-refractivity contribution < 1.29 is 14.2 Å². The number of rotatable bonds is 4. The molecule has 0 fully saturated rings. The van der Waals surface area contributed by atoms with Crippen LogP contribution < -0.4 is 4.74 Å². The maximum atomic E-state index is 13.0. The van der Waals surface area contributed by atoms with Crippen LogP contribution in [-0.2, 0) is 13.2 Å². The van der Waals surface area contributed by atoms with Crippen molar-refractivity contribution in [3.63, 3.8) is 0 Å². The SMILES string of the molecule is Cc1cc(CO)cc(C)c1OCc1ccc(F)cc1Cl.